The highest BCUT2D eigenvalue weighted by molar-refractivity contribution is 5.87. The third-order valence-electron chi connectivity index (χ3n) is 20.3. The number of ether oxygens (including phenoxy) is 10. The summed E-state index contributed by atoms with van der Waals surface area (Å²) in [4.78, 5) is 14.7. The quantitative estimate of drug-likeness (QED) is 0.0816. The van der Waals surface area contributed by atoms with Crippen LogP contribution in [0.15, 0.2) is 0 Å². The van der Waals surface area contributed by atoms with Crippen molar-refractivity contribution >= 4 is 5.78 Å². The summed E-state index contributed by atoms with van der Waals surface area (Å²) in [6.07, 6.45) is -33.9. The first kappa shape index (κ1) is 57.9. The molecule has 6 saturated heterocycles. The molecule has 25 nitrogen and oxygen atoms in total. The largest absolute Gasteiger partial charge is 0.394 e. The summed E-state index contributed by atoms with van der Waals surface area (Å²) in [6, 6.07) is 0. The predicted octanol–water partition coefficient (Wildman–Crippen LogP) is -4.76. The van der Waals surface area contributed by atoms with Gasteiger partial charge in [0.15, 0.2) is 30.9 Å². The minimum Gasteiger partial charge on any atom is -0.394 e. The lowest BCUT2D eigenvalue weighted by Crippen LogP contribution is -2.69. The second-order valence-electron chi connectivity index (χ2n) is 24.3. The van der Waals surface area contributed by atoms with Crippen LogP contribution in [0, 0.1) is 52.3 Å². The fraction of sp³-hybridized carbons (Fsp3) is 0.980. The van der Waals surface area contributed by atoms with Crippen LogP contribution in [0.3, 0.4) is 0 Å². The molecule has 0 aromatic carbocycles. The molecule has 0 amide bonds. The number of aliphatic hydroxyl groups excluding tert-OH is 14. The molecule has 6 heterocycles. The summed E-state index contributed by atoms with van der Waals surface area (Å²) in [5, 5.41) is 152. The summed E-state index contributed by atoms with van der Waals surface area (Å²) in [5.74, 6) is 0.507. The van der Waals surface area contributed by atoms with E-state index in [-0.39, 0.29) is 53.8 Å². The van der Waals surface area contributed by atoms with E-state index in [1.807, 2.05) is 0 Å². The second kappa shape index (κ2) is 22.1. The van der Waals surface area contributed by atoms with Crippen LogP contribution in [-0.4, -0.2) is 257 Å². The standard InChI is InChI=1S/C51H82O25/c1-18-7-8-51(67-17-18)19(2)32-26(76-51)10-23-21-6-5-20-9-25(24(56)12-49(20,3)22(21)11-31(57)50(23,32)4)68-45-41(66)38(63)42(30(16-55)72-45)73-48-44(75-47-40(65)37(62)34(59)28(14-53)70-47)43(35(60)29(15-54)71-48)74-46-39(64)36(61)33(58)27(13-52)69-46/h18-30,32-48,52-56,58-66H,5-17H2,1-4H3/t18?,19-,20-,21+,22-,23-,24+,25+,26-,27+,28+,29+,30+,32-,33+,34+,35+,36-,37-,38+,39+,40+,41+,42-,43-,44+,45+,46-,47-,48-,49-,50+,51+/m0/s1. The maximum atomic E-state index is 14.7. The highest BCUT2D eigenvalue weighted by Gasteiger charge is 2.72. The highest BCUT2D eigenvalue weighted by Crippen LogP contribution is 2.70. The van der Waals surface area contributed by atoms with Gasteiger partial charge in [0.05, 0.1) is 51.3 Å². The average Bonchev–Trinajstić information content (AvgIpc) is 4.10. The van der Waals surface area contributed by atoms with Crippen LogP contribution >= 0.6 is 0 Å². The minimum absolute atomic E-state index is 0.00147. The van der Waals surface area contributed by atoms with E-state index >= 15 is 0 Å². The Morgan fingerprint density at radius 3 is 1.70 bits per heavy atom. The maximum Gasteiger partial charge on any atom is 0.187 e. The Labute approximate surface area is 439 Å². The molecule has 0 bridgehead atoms. The van der Waals surface area contributed by atoms with E-state index in [9.17, 15) is 76.3 Å². The normalized spacial score (nSPS) is 57.4. The van der Waals surface area contributed by atoms with Gasteiger partial charge in [-0.25, -0.2) is 0 Å². The first-order valence-electron chi connectivity index (χ1n) is 27.4. The average molecular weight is 1100 g/mol. The number of carbonyl (C=O) groups excluding carboxylic acids is 1. The zero-order valence-corrected chi connectivity index (χ0v) is 43.3. The molecule has 4 saturated carbocycles. The molecular weight excluding hydrogens is 1010 g/mol. The third-order valence-corrected chi connectivity index (χ3v) is 20.3. The Balaban J connectivity index is 0.838. The number of aliphatic hydroxyl groups is 14. The van der Waals surface area contributed by atoms with Crippen molar-refractivity contribution in [2.45, 2.75) is 226 Å². The van der Waals surface area contributed by atoms with E-state index in [2.05, 4.69) is 27.7 Å². The zero-order valence-electron chi connectivity index (χ0n) is 43.3. The van der Waals surface area contributed by atoms with Crippen LogP contribution in [0.4, 0.5) is 0 Å². The van der Waals surface area contributed by atoms with Crippen molar-refractivity contribution in [3.8, 4) is 0 Å². The molecule has 10 rings (SSSR count). The Kier molecular flexibility index (Phi) is 16.9. The molecule has 0 radical (unpaired) electrons. The smallest absolute Gasteiger partial charge is 0.187 e. The Morgan fingerprint density at radius 1 is 0.566 bits per heavy atom. The zero-order chi connectivity index (χ0) is 54.7. The molecule has 10 aliphatic rings. The molecule has 25 heteroatoms. The van der Waals surface area contributed by atoms with E-state index < -0.39 is 178 Å². The molecule has 1 spiro atoms. The van der Waals surface area contributed by atoms with Crippen molar-refractivity contribution in [2.75, 3.05) is 33.0 Å². The Bertz CT molecular complexity index is 1990. The number of rotatable bonds is 12. The molecule has 33 atom stereocenters. The summed E-state index contributed by atoms with van der Waals surface area (Å²) >= 11 is 0. The van der Waals surface area contributed by atoms with Crippen LogP contribution in [0.25, 0.3) is 0 Å². The molecule has 10 fully saturated rings. The summed E-state index contributed by atoms with van der Waals surface area (Å²) in [6.45, 7) is 5.73. The topological polar surface area (TPSA) is 393 Å². The van der Waals surface area contributed by atoms with E-state index in [0.717, 1.165) is 32.1 Å². The van der Waals surface area contributed by atoms with Gasteiger partial charge >= 0.3 is 0 Å². The third kappa shape index (κ3) is 9.57. The van der Waals surface area contributed by atoms with E-state index in [1.165, 1.54) is 0 Å². The van der Waals surface area contributed by atoms with Crippen LogP contribution in [-0.2, 0) is 52.2 Å². The lowest BCUT2D eigenvalue weighted by Gasteiger charge is -2.61. The molecular formula is C51H82O25. The van der Waals surface area contributed by atoms with Crippen LogP contribution in [0.5, 0.6) is 0 Å². The van der Waals surface area contributed by atoms with Gasteiger partial charge in [-0.15, -0.1) is 0 Å². The monoisotopic (exact) mass is 1090 g/mol. The molecule has 76 heavy (non-hydrogen) atoms. The lowest BCUT2D eigenvalue weighted by molar-refractivity contribution is -0.407. The minimum atomic E-state index is -2.07. The van der Waals surface area contributed by atoms with Gasteiger partial charge < -0.3 is 119 Å². The van der Waals surface area contributed by atoms with Gasteiger partial charge in [-0.05, 0) is 73.5 Å². The molecule has 436 valence electrons. The van der Waals surface area contributed by atoms with Crippen LogP contribution < -0.4 is 0 Å². The summed E-state index contributed by atoms with van der Waals surface area (Å²) < 4.78 is 60.9. The molecule has 0 aromatic rings. The number of ketones is 1. The first-order valence-corrected chi connectivity index (χ1v) is 27.4. The lowest BCUT2D eigenvalue weighted by atomic mass is 9.43. The van der Waals surface area contributed by atoms with Crippen LogP contribution in [0.1, 0.15) is 79.1 Å². The van der Waals surface area contributed by atoms with Crippen LogP contribution in [0.2, 0.25) is 0 Å². The van der Waals surface area contributed by atoms with Gasteiger partial charge in [0.1, 0.15) is 103 Å². The fourth-order valence-corrected chi connectivity index (χ4v) is 15.9. The van der Waals surface area contributed by atoms with Crippen molar-refractivity contribution in [3.63, 3.8) is 0 Å². The first-order chi connectivity index (χ1) is 36.0. The molecule has 4 aliphatic carbocycles. The van der Waals surface area contributed by atoms with Gasteiger partial charge in [-0.2, -0.15) is 0 Å². The van der Waals surface area contributed by atoms with E-state index in [1.54, 1.807) is 0 Å². The van der Waals surface area contributed by atoms with Gasteiger partial charge in [0, 0.05) is 30.1 Å². The fourth-order valence-electron chi connectivity index (χ4n) is 15.9. The highest BCUT2D eigenvalue weighted by atomic mass is 16.8. The number of hydrogen-bond acceptors (Lipinski definition) is 25. The van der Waals surface area contributed by atoms with Crippen molar-refractivity contribution in [2.24, 2.45) is 52.3 Å². The van der Waals surface area contributed by atoms with Gasteiger partial charge in [0.2, 0.25) is 0 Å². The van der Waals surface area contributed by atoms with E-state index in [4.69, 9.17) is 47.4 Å². The molecule has 6 aliphatic heterocycles. The van der Waals surface area contributed by atoms with Crippen molar-refractivity contribution in [1.82, 2.24) is 0 Å². The van der Waals surface area contributed by atoms with Crippen molar-refractivity contribution < 1.29 is 124 Å². The maximum absolute atomic E-state index is 14.7. The summed E-state index contributed by atoms with van der Waals surface area (Å²) in [5.41, 5.74) is -1.000. The Morgan fingerprint density at radius 2 is 1.11 bits per heavy atom. The summed E-state index contributed by atoms with van der Waals surface area (Å²) in [7, 11) is 0. The van der Waals surface area contributed by atoms with Crippen molar-refractivity contribution in [3.05, 3.63) is 0 Å². The molecule has 0 aromatic heterocycles. The van der Waals surface area contributed by atoms with Crippen molar-refractivity contribution in [1.29, 1.82) is 0 Å². The number of hydrogen-bond donors (Lipinski definition) is 14. The molecule has 1 unspecified atom stereocenters. The number of fused-ring (bicyclic) bond motifs is 7. The van der Waals surface area contributed by atoms with Gasteiger partial charge in [0.25, 0.3) is 0 Å². The number of carbonyl (C=O) groups is 1. The Hall–Kier alpha value is -1.29. The second-order valence-corrected chi connectivity index (χ2v) is 24.3. The van der Waals surface area contributed by atoms with Gasteiger partial charge in [-0.3, -0.25) is 4.79 Å². The SMILES string of the molecule is CC1CC[C@@]2(OC1)O[C@H]1C[C@H]3[C@@H]4CC[C@H]5C[C@@H](O[C@@H]6O[C@H](CO)[C@H](O[C@@H]7O[C@H](CO)[C@@H](O)[C@H](O[C@@H]8O[C@H](CO)[C@@H](O)[C@H](O)[C@H]8O)[C@H]7O[C@@H]7O[C@H](CO)[C@@H](O)[C@H](O)[C@H]7O)[C@H](O)[C@H]6O)[C@H](O)C[C@]5(C)[C@H]4CC(=O)[C@]3(C)[C@H]1[C@@H]2C. The predicted molar refractivity (Wildman–Crippen MR) is 250 cm³/mol. The molecule has 14 N–H and O–H groups in total. The number of Topliss-reactive ketones (excluding diaryl/α,β-unsaturated/α-hetero) is 1. The van der Waals surface area contributed by atoms with E-state index in [0.29, 0.717) is 25.4 Å². The van der Waals surface area contributed by atoms with Gasteiger partial charge in [-0.1, -0.05) is 27.7 Å².